The SMILES string of the molecule is C=C(NCC1CC(c2c(-c3ccc(F)cc3)[nH]c3c(F)cc(C)cc23)C1)C(O)CCC. The van der Waals surface area contributed by atoms with E-state index in [1.54, 1.807) is 12.1 Å². The predicted octanol–water partition coefficient (Wildman–Crippen LogP) is 6.18. The summed E-state index contributed by atoms with van der Waals surface area (Å²) in [5, 5.41) is 14.2. The lowest BCUT2D eigenvalue weighted by Crippen LogP contribution is -2.34. The Balaban J connectivity index is 1.57. The number of benzene rings is 2. The van der Waals surface area contributed by atoms with Crippen molar-refractivity contribution in [3.63, 3.8) is 0 Å². The molecule has 1 aliphatic carbocycles. The Morgan fingerprint density at radius 3 is 2.61 bits per heavy atom. The summed E-state index contributed by atoms with van der Waals surface area (Å²) >= 11 is 0. The first-order chi connectivity index (χ1) is 14.9. The topological polar surface area (TPSA) is 48.0 Å². The Labute approximate surface area is 182 Å². The first-order valence-electron chi connectivity index (χ1n) is 11.1. The quantitative estimate of drug-likeness (QED) is 0.404. The van der Waals surface area contributed by atoms with Crippen molar-refractivity contribution in [1.29, 1.82) is 0 Å². The molecular formula is C26H30F2N2O. The van der Waals surface area contributed by atoms with Gasteiger partial charge in [0.05, 0.1) is 17.3 Å². The second kappa shape index (κ2) is 8.83. The maximum absolute atomic E-state index is 14.7. The Hall–Kier alpha value is -2.66. The Morgan fingerprint density at radius 1 is 1.23 bits per heavy atom. The van der Waals surface area contributed by atoms with Crippen molar-refractivity contribution in [2.24, 2.45) is 5.92 Å². The first kappa shape index (κ1) is 21.6. The van der Waals surface area contributed by atoms with Gasteiger partial charge in [-0.3, -0.25) is 0 Å². The summed E-state index contributed by atoms with van der Waals surface area (Å²) in [6.07, 6.45) is 3.06. The number of H-pyrrole nitrogens is 1. The van der Waals surface area contributed by atoms with Gasteiger partial charge in [0.2, 0.25) is 0 Å². The van der Waals surface area contributed by atoms with Crippen LogP contribution in [0.2, 0.25) is 0 Å². The first-order valence-corrected chi connectivity index (χ1v) is 11.1. The summed E-state index contributed by atoms with van der Waals surface area (Å²) in [4.78, 5) is 3.28. The number of halogens is 2. The number of aromatic nitrogens is 1. The van der Waals surface area contributed by atoms with E-state index < -0.39 is 6.10 Å². The van der Waals surface area contributed by atoms with Crippen LogP contribution in [0.1, 0.15) is 49.7 Å². The third kappa shape index (κ3) is 4.38. The molecule has 1 saturated carbocycles. The lowest BCUT2D eigenvalue weighted by molar-refractivity contribution is 0.184. The maximum Gasteiger partial charge on any atom is 0.147 e. The van der Waals surface area contributed by atoms with Gasteiger partial charge in [-0.25, -0.2) is 8.78 Å². The molecule has 0 bridgehead atoms. The van der Waals surface area contributed by atoms with Crippen molar-refractivity contribution in [3.05, 3.63) is 71.4 Å². The average molecular weight is 425 g/mol. The number of aromatic amines is 1. The van der Waals surface area contributed by atoms with E-state index in [9.17, 15) is 13.9 Å². The molecular weight excluding hydrogens is 394 g/mol. The molecule has 1 fully saturated rings. The van der Waals surface area contributed by atoms with Crippen LogP contribution in [0.15, 0.2) is 48.7 Å². The smallest absolute Gasteiger partial charge is 0.147 e. The van der Waals surface area contributed by atoms with Crippen LogP contribution < -0.4 is 5.32 Å². The van der Waals surface area contributed by atoms with E-state index in [4.69, 9.17) is 0 Å². The molecule has 1 aromatic heterocycles. The summed E-state index contributed by atoms with van der Waals surface area (Å²) in [6.45, 7) is 8.67. The largest absolute Gasteiger partial charge is 0.387 e. The molecule has 0 spiro atoms. The molecule has 164 valence electrons. The molecule has 3 N–H and O–H groups in total. The monoisotopic (exact) mass is 424 g/mol. The number of rotatable bonds is 8. The van der Waals surface area contributed by atoms with Gasteiger partial charge in [0.25, 0.3) is 0 Å². The molecule has 31 heavy (non-hydrogen) atoms. The Kier molecular flexibility index (Phi) is 6.15. The van der Waals surface area contributed by atoms with Crippen molar-refractivity contribution in [3.8, 4) is 11.3 Å². The highest BCUT2D eigenvalue weighted by Crippen LogP contribution is 2.48. The molecule has 0 saturated heterocycles. The summed E-state index contributed by atoms with van der Waals surface area (Å²) in [5.41, 5.74) is 4.93. The highest BCUT2D eigenvalue weighted by atomic mass is 19.1. The zero-order valence-electron chi connectivity index (χ0n) is 18.1. The summed E-state index contributed by atoms with van der Waals surface area (Å²) in [6, 6.07) is 9.93. The Bertz CT molecular complexity index is 1080. The third-order valence-electron chi connectivity index (χ3n) is 6.40. The van der Waals surface area contributed by atoms with E-state index in [2.05, 4.69) is 16.9 Å². The van der Waals surface area contributed by atoms with E-state index in [0.717, 1.165) is 53.6 Å². The summed E-state index contributed by atoms with van der Waals surface area (Å²) in [7, 11) is 0. The van der Waals surface area contributed by atoms with E-state index in [0.29, 0.717) is 29.5 Å². The van der Waals surface area contributed by atoms with Crippen molar-refractivity contribution in [2.75, 3.05) is 6.54 Å². The van der Waals surface area contributed by atoms with Gasteiger partial charge in [-0.1, -0.05) is 19.9 Å². The predicted molar refractivity (Wildman–Crippen MR) is 122 cm³/mol. The van der Waals surface area contributed by atoms with Gasteiger partial charge >= 0.3 is 0 Å². The van der Waals surface area contributed by atoms with E-state index in [1.165, 1.54) is 18.2 Å². The van der Waals surface area contributed by atoms with Gasteiger partial charge < -0.3 is 15.4 Å². The average Bonchev–Trinajstić information content (AvgIpc) is 3.07. The number of hydrogen-bond acceptors (Lipinski definition) is 2. The van der Waals surface area contributed by atoms with Crippen LogP contribution in [0.4, 0.5) is 8.78 Å². The van der Waals surface area contributed by atoms with Crippen LogP contribution in [0.5, 0.6) is 0 Å². The minimum Gasteiger partial charge on any atom is -0.387 e. The second-order valence-electron chi connectivity index (χ2n) is 8.83. The van der Waals surface area contributed by atoms with Gasteiger partial charge in [-0.05, 0) is 91.1 Å². The number of nitrogens with one attached hydrogen (secondary N) is 2. The molecule has 1 heterocycles. The van der Waals surface area contributed by atoms with Gasteiger partial charge in [-0.15, -0.1) is 0 Å². The lowest BCUT2D eigenvalue weighted by atomic mass is 9.70. The van der Waals surface area contributed by atoms with Crippen LogP contribution in [0.3, 0.4) is 0 Å². The summed E-state index contributed by atoms with van der Waals surface area (Å²) in [5.74, 6) is 0.221. The van der Waals surface area contributed by atoms with Crippen LogP contribution in [0, 0.1) is 24.5 Å². The van der Waals surface area contributed by atoms with Crippen LogP contribution in [-0.4, -0.2) is 22.7 Å². The zero-order valence-corrected chi connectivity index (χ0v) is 18.1. The normalized spacial score (nSPS) is 19.3. The number of aryl methyl sites for hydroxylation is 1. The number of aliphatic hydroxyl groups excluding tert-OH is 1. The number of aliphatic hydroxyl groups is 1. The van der Waals surface area contributed by atoms with E-state index >= 15 is 0 Å². The molecule has 1 unspecified atom stereocenters. The highest BCUT2D eigenvalue weighted by molar-refractivity contribution is 5.92. The molecule has 0 amide bonds. The molecule has 0 radical (unpaired) electrons. The minimum atomic E-state index is -0.509. The van der Waals surface area contributed by atoms with Crippen LogP contribution >= 0.6 is 0 Å². The minimum absolute atomic E-state index is 0.261. The summed E-state index contributed by atoms with van der Waals surface area (Å²) < 4.78 is 28.2. The lowest BCUT2D eigenvalue weighted by Gasteiger charge is -2.37. The fourth-order valence-corrected chi connectivity index (χ4v) is 4.66. The maximum atomic E-state index is 14.7. The molecule has 3 nitrogen and oxygen atoms in total. The molecule has 3 aromatic rings. The van der Waals surface area contributed by atoms with Gasteiger partial charge in [0.1, 0.15) is 11.6 Å². The molecule has 5 heteroatoms. The standard InChI is InChI=1S/C26H30F2N2O/c1-4-5-23(31)16(3)29-14-17-12-19(13-17)24-21-10-15(2)11-22(28)26(21)30-25(24)18-6-8-20(27)9-7-18/h6-11,17,19,23,29-31H,3-5,12-14H2,1-2H3. The molecule has 4 rings (SSSR count). The van der Waals surface area contributed by atoms with Crippen LogP contribution in [-0.2, 0) is 0 Å². The fourth-order valence-electron chi connectivity index (χ4n) is 4.66. The second-order valence-corrected chi connectivity index (χ2v) is 8.83. The van der Waals surface area contributed by atoms with Crippen molar-refractivity contribution < 1.29 is 13.9 Å². The molecule has 0 aliphatic heterocycles. The van der Waals surface area contributed by atoms with Gasteiger partial charge in [0, 0.05) is 17.6 Å². The van der Waals surface area contributed by atoms with E-state index in [1.807, 2.05) is 19.9 Å². The number of fused-ring (bicyclic) bond motifs is 1. The molecule has 2 aromatic carbocycles. The van der Waals surface area contributed by atoms with E-state index in [-0.39, 0.29) is 11.6 Å². The molecule has 1 aliphatic rings. The third-order valence-corrected chi connectivity index (χ3v) is 6.40. The van der Waals surface area contributed by atoms with Crippen molar-refractivity contribution in [1.82, 2.24) is 10.3 Å². The molecule has 1 atom stereocenters. The number of hydrogen-bond donors (Lipinski definition) is 3. The van der Waals surface area contributed by atoms with Crippen LogP contribution in [0.25, 0.3) is 22.2 Å². The van der Waals surface area contributed by atoms with Crippen molar-refractivity contribution >= 4 is 10.9 Å². The fraction of sp³-hybridized carbons (Fsp3) is 0.385. The van der Waals surface area contributed by atoms with Gasteiger partial charge in [-0.2, -0.15) is 0 Å². The van der Waals surface area contributed by atoms with Gasteiger partial charge in [0.15, 0.2) is 0 Å². The zero-order chi connectivity index (χ0) is 22.1. The Morgan fingerprint density at radius 2 is 1.94 bits per heavy atom. The van der Waals surface area contributed by atoms with Crippen molar-refractivity contribution in [2.45, 2.75) is 51.6 Å². The highest BCUT2D eigenvalue weighted by Gasteiger charge is 2.34.